The van der Waals surface area contributed by atoms with Crippen LogP contribution in [0.3, 0.4) is 0 Å². The van der Waals surface area contributed by atoms with Crippen molar-refractivity contribution in [3.63, 3.8) is 0 Å². The zero-order valence-electron chi connectivity index (χ0n) is 6.23. The SMILES string of the molecule is CCC.CCC.Cl.Cl.[SiH4]. The Balaban J connectivity index is -0.00000000889. The maximum atomic E-state index is 2.12. The van der Waals surface area contributed by atoms with E-state index in [1.165, 1.54) is 12.8 Å². The molecule has 64 valence electrons. The predicted molar refractivity (Wildman–Crippen MR) is 57.8 cm³/mol. The first-order chi connectivity index (χ1) is 2.83. The first kappa shape index (κ1) is 32.9. The molecule has 0 aromatic rings. The normalized spacial score (nSPS) is 4.00. The molecule has 0 atom stereocenters. The quantitative estimate of drug-likeness (QED) is 0.517. The number of hydrogen-bond acceptors (Lipinski definition) is 0. The largest absolute Gasteiger partial charge is 0.147 e. The van der Waals surface area contributed by atoms with Gasteiger partial charge in [0.25, 0.3) is 0 Å². The molecule has 9 heavy (non-hydrogen) atoms. The van der Waals surface area contributed by atoms with Crippen molar-refractivity contribution in [2.45, 2.75) is 40.5 Å². The van der Waals surface area contributed by atoms with Crippen LogP contribution in [0.15, 0.2) is 0 Å². The maximum Gasteiger partial charge on any atom is -0.0149 e. The van der Waals surface area contributed by atoms with E-state index in [1.807, 2.05) is 0 Å². The second-order valence-electron chi connectivity index (χ2n) is 1.41. The van der Waals surface area contributed by atoms with E-state index in [9.17, 15) is 0 Å². The van der Waals surface area contributed by atoms with Crippen molar-refractivity contribution in [3.05, 3.63) is 0 Å². The fraction of sp³-hybridized carbons (Fsp3) is 1.00. The maximum absolute atomic E-state index is 2.12. The number of halogens is 2. The molecule has 0 saturated heterocycles. The van der Waals surface area contributed by atoms with Crippen molar-refractivity contribution in [1.29, 1.82) is 0 Å². The van der Waals surface area contributed by atoms with E-state index >= 15 is 0 Å². The molecule has 0 bridgehead atoms. The van der Waals surface area contributed by atoms with Gasteiger partial charge in [0.15, 0.2) is 0 Å². The lowest BCUT2D eigenvalue weighted by molar-refractivity contribution is 1.09. The summed E-state index contributed by atoms with van der Waals surface area (Å²) in [5, 5.41) is 0. The second-order valence-corrected chi connectivity index (χ2v) is 1.41. The standard InChI is InChI=1S/2C3H8.2ClH.H4Si/c2*1-3-2;;;/h2*3H2,1-2H3;2*1H;1H4. The summed E-state index contributed by atoms with van der Waals surface area (Å²) in [6, 6.07) is 0. The number of hydrogen-bond donors (Lipinski definition) is 0. The minimum atomic E-state index is 0. The minimum Gasteiger partial charge on any atom is -0.147 e. The van der Waals surface area contributed by atoms with Gasteiger partial charge in [0, 0.05) is 0 Å². The Bertz CT molecular complexity index is 13.0. The second kappa shape index (κ2) is 68.4. The van der Waals surface area contributed by atoms with E-state index in [0.717, 1.165) is 0 Å². The van der Waals surface area contributed by atoms with E-state index in [4.69, 9.17) is 0 Å². The zero-order valence-corrected chi connectivity index (χ0v) is 7.86. The van der Waals surface area contributed by atoms with Crippen molar-refractivity contribution in [2.24, 2.45) is 0 Å². The van der Waals surface area contributed by atoms with Crippen molar-refractivity contribution < 1.29 is 0 Å². The summed E-state index contributed by atoms with van der Waals surface area (Å²) in [4.78, 5) is 0. The summed E-state index contributed by atoms with van der Waals surface area (Å²) in [5.41, 5.74) is 0. The van der Waals surface area contributed by atoms with Gasteiger partial charge in [-0.3, -0.25) is 0 Å². The smallest absolute Gasteiger partial charge is 0.0149 e. The summed E-state index contributed by atoms with van der Waals surface area (Å²) < 4.78 is 0. The van der Waals surface area contributed by atoms with Gasteiger partial charge in [-0.2, -0.15) is 0 Å². The Kier molecular flexibility index (Phi) is 250. The van der Waals surface area contributed by atoms with Crippen LogP contribution in [-0.4, -0.2) is 11.0 Å². The highest BCUT2D eigenvalue weighted by atomic mass is 35.5. The lowest BCUT2D eigenvalue weighted by atomic mass is 10.6. The van der Waals surface area contributed by atoms with Gasteiger partial charge < -0.3 is 0 Å². The van der Waals surface area contributed by atoms with Crippen molar-refractivity contribution in [1.82, 2.24) is 0 Å². The molecule has 0 rings (SSSR count). The number of rotatable bonds is 0. The Morgan fingerprint density at radius 1 is 0.667 bits per heavy atom. The summed E-state index contributed by atoms with van der Waals surface area (Å²) in [6.45, 7) is 8.50. The van der Waals surface area contributed by atoms with Crippen LogP contribution in [0, 0.1) is 0 Å². The van der Waals surface area contributed by atoms with Crippen LogP contribution in [0.2, 0.25) is 0 Å². The minimum absolute atomic E-state index is 0. The van der Waals surface area contributed by atoms with Gasteiger partial charge >= 0.3 is 0 Å². The van der Waals surface area contributed by atoms with Gasteiger partial charge in [-0.1, -0.05) is 40.5 Å². The molecule has 0 radical (unpaired) electrons. The highest BCUT2D eigenvalue weighted by molar-refractivity contribution is 5.85. The summed E-state index contributed by atoms with van der Waals surface area (Å²) in [5.74, 6) is 0. The average Bonchev–Trinajstić information content (AvgIpc) is 1.39. The Morgan fingerprint density at radius 2 is 0.667 bits per heavy atom. The van der Waals surface area contributed by atoms with Crippen LogP contribution in [0.1, 0.15) is 40.5 Å². The molecule has 0 heterocycles. The van der Waals surface area contributed by atoms with Crippen molar-refractivity contribution in [3.8, 4) is 0 Å². The fourth-order valence-electron chi connectivity index (χ4n) is 0. The monoisotopic (exact) mass is 192 g/mol. The van der Waals surface area contributed by atoms with E-state index in [0.29, 0.717) is 0 Å². The van der Waals surface area contributed by atoms with E-state index in [-0.39, 0.29) is 35.8 Å². The van der Waals surface area contributed by atoms with E-state index < -0.39 is 0 Å². The van der Waals surface area contributed by atoms with Crippen LogP contribution in [0.5, 0.6) is 0 Å². The highest BCUT2D eigenvalue weighted by Gasteiger charge is 1.36. The lowest BCUT2D eigenvalue weighted by Gasteiger charge is -1.48. The first-order valence-electron chi connectivity index (χ1n) is 2.83. The Morgan fingerprint density at radius 3 is 0.667 bits per heavy atom. The molecule has 3 heteroatoms. The average molecular weight is 193 g/mol. The molecule has 0 unspecified atom stereocenters. The third-order valence-corrected chi connectivity index (χ3v) is 0. The molecule has 0 saturated carbocycles. The molecule has 0 fully saturated rings. The van der Waals surface area contributed by atoms with E-state index in [1.54, 1.807) is 0 Å². The van der Waals surface area contributed by atoms with Gasteiger partial charge in [0.05, 0.1) is 0 Å². The Labute approximate surface area is 76.6 Å². The molecular formula is C6H22Cl2Si. The summed E-state index contributed by atoms with van der Waals surface area (Å²) in [6.07, 6.45) is 2.50. The van der Waals surface area contributed by atoms with E-state index in [2.05, 4.69) is 27.7 Å². The topological polar surface area (TPSA) is 0 Å². The van der Waals surface area contributed by atoms with Crippen molar-refractivity contribution >= 4 is 35.8 Å². The highest BCUT2D eigenvalue weighted by Crippen LogP contribution is 1.56. The van der Waals surface area contributed by atoms with Gasteiger partial charge in [-0.15, -0.1) is 24.8 Å². The molecule has 0 nitrogen and oxygen atoms in total. The molecule has 0 spiro atoms. The van der Waals surface area contributed by atoms with Crippen LogP contribution in [0.25, 0.3) is 0 Å². The van der Waals surface area contributed by atoms with Crippen LogP contribution in [0.4, 0.5) is 0 Å². The van der Waals surface area contributed by atoms with Crippen molar-refractivity contribution in [2.75, 3.05) is 0 Å². The zero-order chi connectivity index (χ0) is 5.41. The van der Waals surface area contributed by atoms with Crippen LogP contribution < -0.4 is 0 Å². The van der Waals surface area contributed by atoms with Crippen LogP contribution >= 0.6 is 24.8 Å². The molecule has 0 N–H and O–H groups in total. The summed E-state index contributed by atoms with van der Waals surface area (Å²) >= 11 is 0. The Hall–Kier alpha value is 0.797. The first-order valence-corrected chi connectivity index (χ1v) is 2.83. The molecule has 0 aromatic heterocycles. The molecule has 0 aliphatic heterocycles. The third-order valence-electron chi connectivity index (χ3n) is 0. The molecular weight excluding hydrogens is 171 g/mol. The molecule has 0 amide bonds. The summed E-state index contributed by atoms with van der Waals surface area (Å²) in [7, 11) is 0. The van der Waals surface area contributed by atoms with Gasteiger partial charge in [0.1, 0.15) is 0 Å². The van der Waals surface area contributed by atoms with Crippen LogP contribution in [-0.2, 0) is 0 Å². The fourth-order valence-corrected chi connectivity index (χ4v) is 0. The van der Waals surface area contributed by atoms with Gasteiger partial charge in [-0.25, -0.2) is 0 Å². The van der Waals surface area contributed by atoms with Gasteiger partial charge in [-0.05, 0) is 11.0 Å². The predicted octanol–water partition coefficient (Wildman–Crippen LogP) is 2.22. The molecule has 0 aliphatic rings. The van der Waals surface area contributed by atoms with Gasteiger partial charge in [0.2, 0.25) is 0 Å². The third kappa shape index (κ3) is 640. The molecule has 0 aromatic carbocycles. The lowest BCUT2D eigenvalue weighted by Crippen LogP contribution is -1.27. The molecule has 0 aliphatic carbocycles.